The van der Waals surface area contributed by atoms with Crippen molar-refractivity contribution in [1.82, 2.24) is 9.59 Å². The molecule has 0 atom stereocenters. The Morgan fingerprint density at radius 1 is 1.32 bits per heavy atom. The number of ether oxygens (including phenoxy) is 1. The van der Waals surface area contributed by atoms with Crippen LogP contribution >= 0.6 is 23.1 Å². The highest BCUT2D eigenvalue weighted by Gasteiger charge is 2.07. The first-order valence-corrected chi connectivity index (χ1v) is 7.32. The number of nitrogens with zero attached hydrogens (tertiary/aromatic N) is 2. The Balaban J connectivity index is 1.86. The van der Waals surface area contributed by atoms with Crippen LogP contribution in [0.3, 0.4) is 0 Å². The molecule has 0 saturated carbocycles. The van der Waals surface area contributed by atoms with Crippen LogP contribution in [0, 0.1) is 0 Å². The first-order valence-electron chi connectivity index (χ1n) is 6.17. The van der Waals surface area contributed by atoms with Crippen molar-refractivity contribution in [3.8, 4) is 0 Å². The van der Waals surface area contributed by atoms with Crippen molar-refractivity contribution in [2.75, 3.05) is 11.9 Å². The Morgan fingerprint density at radius 3 is 2.95 bits per heavy atom. The van der Waals surface area contributed by atoms with Crippen LogP contribution in [-0.4, -0.2) is 16.1 Å². The quantitative estimate of drug-likeness (QED) is 0.846. The van der Waals surface area contributed by atoms with Gasteiger partial charge in [-0.1, -0.05) is 41.2 Å². The van der Waals surface area contributed by atoms with Crippen LogP contribution in [0.5, 0.6) is 0 Å². The molecule has 1 aromatic carbocycles. The molecule has 1 aromatic heterocycles. The van der Waals surface area contributed by atoms with Gasteiger partial charge in [0.2, 0.25) is 0 Å². The van der Waals surface area contributed by atoms with E-state index in [4.69, 9.17) is 16.3 Å². The number of halogens is 1. The van der Waals surface area contributed by atoms with Crippen molar-refractivity contribution in [2.24, 2.45) is 0 Å². The molecule has 2 aromatic rings. The molecule has 0 saturated heterocycles. The maximum absolute atomic E-state index is 6.07. The summed E-state index contributed by atoms with van der Waals surface area (Å²) >= 11 is 7.43. The molecular formula is C13H16ClN3OS. The molecule has 0 aliphatic carbocycles. The Morgan fingerprint density at radius 2 is 2.16 bits per heavy atom. The van der Waals surface area contributed by atoms with Crippen LogP contribution in [-0.2, 0) is 18.0 Å². The summed E-state index contributed by atoms with van der Waals surface area (Å²) < 4.78 is 9.59. The van der Waals surface area contributed by atoms with Gasteiger partial charge in [-0.3, -0.25) is 0 Å². The number of hydrogen-bond acceptors (Lipinski definition) is 5. The number of rotatable bonds is 7. The Hall–Kier alpha value is -1.17. The van der Waals surface area contributed by atoms with Crippen molar-refractivity contribution < 1.29 is 4.74 Å². The van der Waals surface area contributed by atoms with Crippen molar-refractivity contribution in [2.45, 2.75) is 26.6 Å². The Kier molecular flexibility index (Phi) is 5.57. The van der Waals surface area contributed by atoms with E-state index >= 15 is 0 Å². The van der Waals surface area contributed by atoms with E-state index in [1.807, 2.05) is 24.3 Å². The van der Waals surface area contributed by atoms with Crippen molar-refractivity contribution >= 4 is 28.1 Å². The molecule has 0 amide bonds. The fraction of sp³-hybridized carbons (Fsp3) is 0.385. The van der Waals surface area contributed by atoms with Gasteiger partial charge in [0.05, 0.1) is 13.2 Å². The van der Waals surface area contributed by atoms with Gasteiger partial charge in [-0.05, 0) is 18.1 Å². The predicted octanol–water partition coefficient (Wildman–Crippen LogP) is 3.73. The average Bonchev–Trinajstić information content (AvgIpc) is 2.86. The second-order valence-corrected chi connectivity index (χ2v) is 5.22. The highest BCUT2D eigenvalue weighted by molar-refractivity contribution is 7.10. The van der Waals surface area contributed by atoms with E-state index in [1.165, 1.54) is 11.5 Å². The van der Waals surface area contributed by atoms with Gasteiger partial charge in [0.25, 0.3) is 0 Å². The lowest BCUT2D eigenvalue weighted by Gasteiger charge is -2.06. The SMILES string of the molecule is CCCNc1snnc1COCc1ccccc1Cl. The summed E-state index contributed by atoms with van der Waals surface area (Å²) in [5.74, 6) is 0. The standard InChI is InChI=1S/C13H16ClN3OS/c1-2-7-15-13-12(16-17-19-13)9-18-8-10-5-3-4-6-11(10)14/h3-6,15H,2,7-9H2,1H3. The second-order valence-electron chi connectivity index (χ2n) is 4.06. The van der Waals surface area contributed by atoms with Crippen LogP contribution in [0.15, 0.2) is 24.3 Å². The lowest BCUT2D eigenvalue weighted by molar-refractivity contribution is 0.105. The fourth-order valence-corrected chi connectivity index (χ4v) is 2.33. The smallest absolute Gasteiger partial charge is 0.135 e. The lowest BCUT2D eigenvalue weighted by atomic mass is 10.2. The third-order valence-electron chi connectivity index (χ3n) is 2.55. The maximum atomic E-state index is 6.07. The predicted molar refractivity (Wildman–Crippen MR) is 78.6 cm³/mol. The Labute approximate surface area is 121 Å². The molecule has 0 bridgehead atoms. The molecule has 19 heavy (non-hydrogen) atoms. The Bertz CT molecular complexity index is 518. The molecule has 0 fully saturated rings. The molecule has 1 N–H and O–H groups in total. The van der Waals surface area contributed by atoms with Crippen molar-refractivity contribution in [3.05, 3.63) is 40.5 Å². The van der Waals surface area contributed by atoms with Gasteiger partial charge in [0, 0.05) is 23.1 Å². The van der Waals surface area contributed by atoms with Gasteiger partial charge in [-0.2, -0.15) is 0 Å². The number of anilines is 1. The molecule has 102 valence electrons. The molecule has 1 heterocycles. The van der Waals surface area contributed by atoms with Gasteiger partial charge in [-0.15, -0.1) is 5.10 Å². The molecule has 0 unspecified atom stereocenters. The van der Waals surface area contributed by atoms with E-state index < -0.39 is 0 Å². The minimum absolute atomic E-state index is 0.438. The molecule has 0 radical (unpaired) electrons. The molecule has 0 spiro atoms. The van der Waals surface area contributed by atoms with E-state index in [1.54, 1.807) is 0 Å². The zero-order valence-corrected chi connectivity index (χ0v) is 12.3. The highest BCUT2D eigenvalue weighted by atomic mass is 35.5. The molecule has 4 nitrogen and oxygen atoms in total. The average molecular weight is 298 g/mol. The summed E-state index contributed by atoms with van der Waals surface area (Å²) in [6.45, 7) is 3.95. The molecule has 2 rings (SSSR count). The largest absolute Gasteiger partial charge is 0.374 e. The van der Waals surface area contributed by atoms with E-state index in [9.17, 15) is 0 Å². The first kappa shape index (κ1) is 14.2. The van der Waals surface area contributed by atoms with Crippen LogP contribution in [0.4, 0.5) is 5.00 Å². The van der Waals surface area contributed by atoms with E-state index in [2.05, 4.69) is 21.8 Å². The van der Waals surface area contributed by atoms with Crippen molar-refractivity contribution in [3.63, 3.8) is 0 Å². The van der Waals surface area contributed by atoms with Crippen LogP contribution in [0.25, 0.3) is 0 Å². The third kappa shape index (κ3) is 4.16. The zero-order chi connectivity index (χ0) is 13.5. The van der Waals surface area contributed by atoms with E-state index in [0.717, 1.165) is 34.2 Å². The summed E-state index contributed by atoms with van der Waals surface area (Å²) in [6.07, 6.45) is 1.07. The first-order chi connectivity index (χ1) is 9.31. The number of nitrogens with one attached hydrogen (secondary N) is 1. The second kappa shape index (κ2) is 7.43. The van der Waals surface area contributed by atoms with Gasteiger partial charge < -0.3 is 10.1 Å². The molecular weight excluding hydrogens is 282 g/mol. The number of aromatic nitrogens is 2. The molecule has 0 aliphatic rings. The van der Waals surface area contributed by atoms with Crippen LogP contribution in [0.2, 0.25) is 5.02 Å². The maximum Gasteiger partial charge on any atom is 0.135 e. The van der Waals surface area contributed by atoms with E-state index in [0.29, 0.717) is 13.2 Å². The minimum atomic E-state index is 0.438. The summed E-state index contributed by atoms with van der Waals surface area (Å²) in [6, 6.07) is 7.67. The highest BCUT2D eigenvalue weighted by Crippen LogP contribution is 2.20. The monoisotopic (exact) mass is 297 g/mol. The van der Waals surface area contributed by atoms with Gasteiger partial charge in [0.1, 0.15) is 10.7 Å². The summed E-state index contributed by atoms with van der Waals surface area (Å²) in [7, 11) is 0. The zero-order valence-electron chi connectivity index (χ0n) is 10.7. The van der Waals surface area contributed by atoms with Crippen LogP contribution < -0.4 is 5.32 Å². The molecule has 0 aliphatic heterocycles. The number of hydrogen-bond donors (Lipinski definition) is 1. The topological polar surface area (TPSA) is 47.0 Å². The minimum Gasteiger partial charge on any atom is -0.374 e. The lowest BCUT2D eigenvalue weighted by Crippen LogP contribution is -2.02. The molecule has 6 heteroatoms. The normalized spacial score (nSPS) is 10.6. The third-order valence-corrected chi connectivity index (χ3v) is 3.64. The van der Waals surface area contributed by atoms with E-state index in [-0.39, 0.29) is 0 Å². The van der Waals surface area contributed by atoms with Gasteiger partial charge in [0.15, 0.2) is 0 Å². The van der Waals surface area contributed by atoms with Gasteiger partial charge in [-0.25, -0.2) is 0 Å². The van der Waals surface area contributed by atoms with Gasteiger partial charge >= 0.3 is 0 Å². The summed E-state index contributed by atoms with van der Waals surface area (Å²) in [4.78, 5) is 0. The van der Waals surface area contributed by atoms with Crippen molar-refractivity contribution in [1.29, 1.82) is 0 Å². The van der Waals surface area contributed by atoms with Crippen LogP contribution in [0.1, 0.15) is 24.6 Å². The fourth-order valence-electron chi connectivity index (χ4n) is 1.55. The summed E-state index contributed by atoms with van der Waals surface area (Å²) in [5, 5.41) is 9.07. The number of benzene rings is 1. The summed E-state index contributed by atoms with van der Waals surface area (Å²) in [5.41, 5.74) is 1.83.